The van der Waals surface area contributed by atoms with Crippen LogP contribution in [0.5, 0.6) is 5.75 Å². The third-order valence-electron chi connectivity index (χ3n) is 3.79. The van der Waals surface area contributed by atoms with Gasteiger partial charge >= 0.3 is 0 Å². The Labute approximate surface area is 163 Å². The molecule has 1 aromatic heterocycles. The minimum atomic E-state index is -0.439. The van der Waals surface area contributed by atoms with Crippen molar-refractivity contribution in [3.05, 3.63) is 80.5 Å². The fourth-order valence-corrected chi connectivity index (χ4v) is 2.87. The SMILES string of the molecule is COc1ccccc1CN/N=C/c1ccc(-c2ccc(Br)cc2[N+](=O)[O-])o1. The molecule has 0 aliphatic rings. The molecule has 3 rings (SSSR count). The van der Waals surface area contributed by atoms with Gasteiger partial charge in [-0.1, -0.05) is 34.1 Å². The zero-order chi connectivity index (χ0) is 19.2. The number of para-hydroxylation sites is 1. The number of rotatable bonds is 7. The van der Waals surface area contributed by atoms with Gasteiger partial charge in [0.2, 0.25) is 0 Å². The van der Waals surface area contributed by atoms with Crippen LogP contribution in [0.3, 0.4) is 0 Å². The van der Waals surface area contributed by atoms with Crippen molar-refractivity contribution < 1.29 is 14.1 Å². The Bertz CT molecular complexity index is 985. The van der Waals surface area contributed by atoms with Gasteiger partial charge in [-0.3, -0.25) is 10.1 Å². The van der Waals surface area contributed by atoms with Gasteiger partial charge in [0.25, 0.3) is 5.69 Å². The summed E-state index contributed by atoms with van der Waals surface area (Å²) in [6, 6.07) is 15.8. The van der Waals surface area contributed by atoms with Crippen molar-refractivity contribution in [1.82, 2.24) is 5.43 Å². The molecule has 0 fully saturated rings. The van der Waals surface area contributed by atoms with Gasteiger partial charge in [-0.05, 0) is 30.3 Å². The summed E-state index contributed by atoms with van der Waals surface area (Å²) in [5.41, 5.74) is 4.28. The second kappa shape index (κ2) is 8.50. The highest BCUT2D eigenvalue weighted by atomic mass is 79.9. The minimum Gasteiger partial charge on any atom is -0.496 e. The third kappa shape index (κ3) is 4.53. The number of nitrogens with one attached hydrogen (secondary N) is 1. The molecule has 7 nitrogen and oxygen atoms in total. The summed E-state index contributed by atoms with van der Waals surface area (Å²) < 4.78 is 11.6. The maximum atomic E-state index is 11.2. The number of ether oxygens (including phenoxy) is 1. The molecule has 0 radical (unpaired) electrons. The smallest absolute Gasteiger partial charge is 0.281 e. The fourth-order valence-electron chi connectivity index (χ4n) is 2.52. The van der Waals surface area contributed by atoms with Crippen molar-refractivity contribution in [2.24, 2.45) is 5.10 Å². The minimum absolute atomic E-state index is 0.0310. The first-order valence-corrected chi connectivity index (χ1v) is 8.80. The highest BCUT2D eigenvalue weighted by molar-refractivity contribution is 9.10. The number of nitro groups is 1. The second-order valence-electron chi connectivity index (χ2n) is 5.53. The van der Waals surface area contributed by atoms with Crippen LogP contribution in [0, 0.1) is 10.1 Å². The summed E-state index contributed by atoms with van der Waals surface area (Å²) in [5, 5.41) is 15.4. The first-order chi connectivity index (χ1) is 13.1. The summed E-state index contributed by atoms with van der Waals surface area (Å²) in [6.07, 6.45) is 1.52. The largest absolute Gasteiger partial charge is 0.496 e. The maximum Gasteiger partial charge on any atom is 0.281 e. The van der Waals surface area contributed by atoms with Crippen molar-refractivity contribution in [1.29, 1.82) is 0 Å². The predicted octanol–water partition coefficient (Wildman–Crippen LogP) is 4.75. The molecule has 0 atom stereocenters. The molecule has 0 saturated carbocycles. The Balaban J connectivity index is 1.70. The summed E-state index contributed by atoms with van der Waals surface area (Å²) in [4.78, 5) is 10.8. The molecule has 1 N–H and O–H groups in total. The molecule has 0 bridgehead atoms. The van der Waals surface area contributed by atoms with Gasteiger partial charge in [0, 0.05) is 16.1 Å². The van der Waals surface area contributed by atoms with Crippen LogP contribution in [0.1, 0.15) is 11.3 Å². The Morgan fingerprint density at radius 2 is 2.07 bits per heavy atom. The van der Waals surface area contributed by atoms with Crippen LogP contribution in [0.25, 0.3) is 11.3 Å². The molecule has 8 heteroatoms. The van der Waals surface area contributed by atoms with Gasteiger partial charge in [-0.25, -0.2) is 0 Å². The maximum absolute atomic E-state index is 11.2. The lowest BCUT2D eigenvalue weighted by Crippen LogP contribution is -2.06. The van der Waals surface area contributed by atoms with E-state index >= 15 is 0 Å². The number of hydrazone groups is 1. The van der Waals surface area contributed by atoms with E-state index in [4.69, 9.17) is 9.15 Å². The van der Waals surface area contributed by atoms with Crippen molar-refractivity contribution in [2.75, 3.05) is 7.11 Å². The highest BCUT2D eigenvalue weighted by Gasteiger charge is 2.18. The van der Waals surface area contributed by atoms with Crippen LogP contribution in [0.4, 0.5) is 5.69 Å². The molecule has 0 unspecified atom stereocenters. The van der Waals surface area contributed by atoms with E-state index in [1.807, 2.05) is 24.3 Å². The summed E-state index contributed by atoms with van der Waals surface area (Å²) >= 11 is 3.24. The van der Waals surface area contributed by atoms with Gasteiger partial charge in [0.15, 0.2) is 0 Å². The molecule has 138 valence electrons. The van der Waals surface area contributed by atoms with Gasteiger partial charge in [0.05, 0.1) is 30.4 Å². The van der Waals surface area contributed by atoms with Gasteiger partial charge < -0.3 is 14.6 Å². The van der Waals surface area contributed by atoms with Gasteiger partial charge in [-0.15, -0.1) is 0 Å². The van der Waals surface area contributed by atoms with Crippen molar-refractivity contribution in [3.8, 4) is 17.1 Å². The van der Waals surface area contributed by atoms with E-state index in [9.17, 15) is 10.1 Å². The van der Waals surface area contributed by atoms with Crippen LogP contribution in [-0.2, 0) is 6.54 Å². The van der Waals surface area contributed by atoms with Crippen LogP contribution in [0.15, 0.2) is 68.6 Å². The lowest BCUT2D eigenvalue weighted by Gasteiger charge is -2.06. The molecular formula is C19H16BrN3O4. The number of hydrogen-bond acceptors (Lipinski definition) is 6. The zero-order valence-electron chi connectivity index (χ0n) is 14.4. The van der Waals surface area contributed by atoms with E-state index in [1.54, 1.807) is 31.4 Å². The van der Waals surface area contributed by atoms with E-state index in [0.29, 0.717) is 28.1 Å². The average molecular weight is 430 g/mol. The van der Waals surface area contributed by atoms with E-state index in [-0.39, 0.29) is 5.69 Å². The molecule has 2 aromatic carbocycles. The molecule has 3 aromatic rings. The standard InChI is InChI=1S/C19H16BrN3O4/c1-26-18-5-3-2-4-13(18)11-21-22-12-15-7-9-19(27-15)16-8-6-14(20)10-17(16)23(24)25/h2-10,12,21H,11H2,1H3/b22-12+. The Hall–Kier alpha value is -3.13. The van der Waals surface area contributed by atoms with E-state index in [0.717, 1.165) is 11.3 Å². The van der Waals surface area contributed by atoms with Gasteiger partial charge in [0.1, 0.15) is 17.3 Å². The average Bonchev–Trinajstić information content (AvgIpc) is 3.14. The normalized spacial score (nSPS) is 10.9. The van der Waals surface area contributed by atoms with E-state index in [2.05, 4.69) is 26.5 Å². The summed E-state index contributed by atoms with van der Waals surface area (Å²) in [5.74, 6) is 1.66. The number of methoxy groups -OCH3 is 1. The molecular weight excluding hydrogens is 414 g/mol. The van der Waals surface area contributed by atoms with Crippen LogP contribution >= 0.6 is 15.9 Å². The first-order valence-electron chi connectivity index (χ1n) is 8.00. The molecule has 0 aliphatic heterocycles. The van der Waals surface area contributed by atoms with Crippen LogP contribution < -0.4 is 10.2 Å². The number of benzene rings is 2. The Kier molecular flexibility index (Phi) is 5.87. The van der Waals surface area contributed by atoms with Crippen molar-refractivity contribution in [3.63, 3.8) is 0 Å². The zero-order valence-corrected chi connectivity index (χ0v) is 16.0. The van der Waals surface area contributed by atoms with Crippen molar-refractivity contribution in [2.45, 2.75) is 6.54 Å². The molecule has 0 amide bonds. The highest BCUT2D eigenvalue weighted by Crippen LogP contribution is 2.33. The fraction of sp³-hybridized carbons (Fsp3) is 0.105. The molecule has 1 heterocycles. The van der Waals surface area contributed by atoms with Gasteiger partial charge in [-0.2, -0.15) is 5.10 Å². The molecule has 0 spiro atoms. The number of halogens is 1. The predicted molar refractivity (Wildman–Crippen MR) is 106 cm³/mol. The van der Waals surface area contributed by atoms with Crippen LogP contribution in [0.2, 0.25) is 0 Å². The number of nitro benzene ring substituents is 1. The number of furan rings is 1. The van der Waals surface area contributed by atoms with E-state index in [1.165, 1.54) is 12.3 Å². The van der Waals surface area contributed by atoms with Crippen molar-refractivity contribution >= 4 is 27.8 Å². The number of hydrogen-bond donors (Lipinski definition) is 1. The molecule has 0 aliphatic carbocycles. The Morgan fingerprint density at radius 3 is 2.85 bits per heavy atom. The summed E-state index contributed by atoms with van der Waals surface area (Å²) in [7, 11) is 1.62. The quantitative estimate of drug-likeness (QED) is 0.332. The van der Waals surface area contributed by atoms with E-state index < -0.39 is 4.92 Å². The second-order valence-corrected chi connectivity index (χ2v) is 6.44. The topological polar surface area (TPSA) is 89.9 Å². The molecule has 27 heavy (non-hydrogen) atoms. The van der Waals surface area contributed by atoms with Crippen LogP contribution in [-0.4, -0.2) is 18.2 Å². The summed E-state index contributed by atoms with van der Waals surface area (Å²) in [6.45, 7) is 0.492. The Morgan fingerprint density at radius 1 is 1.26 bits per heavy atom. The third-order valence-corrected chi connectivity index (χ3v) is 4.29. The lowest BCUT2D eigenvalue weighted by molar-refractivity contribution is -0.384. The molecule has 0 saturated heterocycles. The first kappa shape index (κ1) is 18.7. The monoisotopic (exact) mass is 429 g/mol. The number of nitrogens with zero attached hydrogens (tertiary/aromatic N) is 2. The lowest BCUT2D eigenvalue weighted by atomic mass is 10.1.